The molecule has 2 N–H and O–H groups in total. The summed E-state index contributed by atoms with van der Waals surface area (Å²) in [6, 6.07) is 2.62. The molecule has 51 heavy (non-hydrogen) atoms. The highest BCUT2D eigenvalue weighted by Gasteiger charge is 2.64. The molecule has 3 aliphatic heterocycles. The molecule has 3 heterocycles. The van der Waals surface area contributed by atoms with Crippen molar-refractivity contribution in [3.63, 3.8) is 0 Å². The Bertz CT molecular complexity index is 1560. The summed E-state index contributed by atoms with van der Waals surface area (Å²) in [5, 5.41) is 14.4. The number of thiol groups is 1. The molecule has 0 radical (unpaired) electrons. The molecule has 0 aromatic heterocycles. The van der Waals surface area contributed by atoms with E-state index in [4.69, 9.17) is 35.3 Å². The molecule has 8 atom stereocenters. The Morgan fingerprint density at radius 3 is 2.63 bits per heavy atom. The minimum Gasteiger partial charge on any atom is -0.495 e. The van der Waals surface area contributed by atoms with Crippen molar-refractivity contribution in [1.29, 1.82) is 0 Å². The molecule has 1 aromatic carbocycles. The second-order valence-corrected chi connectivity index (χ2v) is 14.6. The number of carbonyl (C=O) groups excluding carboxylic acids is 4. The van der Waals surface area contributed by atoms with Gasteiger partial charge in [-0.2, -0.15) is 12.6 Å². The van der Waals surface area contributed by atoms with Crippen LogP contribution in [0.25, 0.3) is 0 Å². The summed E-state index contributed by atoms with van der Waals surface area (Å²) in [5.41, 5.74) is -0.897. The second kappa shape index (κ2) is 16.6. The van der Waals surface area contributed by atoms with E-state index in [-0.39, 0.29) is 30.2 Å². The molecule has 0 aliphatic carbocycles. The Hall–Kier alpha value is -3.30. The van der Waals surface area contributed by atoms with E-state index in [9.17, 15) is 24.3 Å². The summed E-state index contributed by atoms with van der Waals surface area (Å²) < 4.78 is 29.1. The van der Waals surface area contributed by atoms with Crippen molar-refractivity contribution in [1.82, 2.24) is 10.2 Å². The third-order valence-corrected chi connectivity index (χ3v) is 10.8. The van der Waals surface area contributed by atoms with Crippen LogP contribution in [0.3, 0.4) is 0 Å². The molecule has 3 amide bonds. The highest BCUT2D eigenvalue weighted by Crippen LogP contribution is 2.49. The van der Waals surface area contributed by atoms with Crippen molar-refractivity contribution in [3.8, 4) is 5.75 Å². The van der Waals surface area contributed by atoms with Crippen LogP contribution in [-0.2, 0) is 39.8 Å². The number of nitrogens with zero attached hydrogens (tertiary/aromatic N) is 2. The van der Waals surface area contributed by atoms with E-state index in [1.165, 1.54) is 31.1 Å². The fourth-order valence-corrected chi connectivity index (χ4v) is 7.10. The summed E-state index contributed by atoms with van der Waals surface area (Å²) in [5.74, 6) is -1.03. The largest absolute Gasteiger partial charge is 0.495 e. The monoisotopic (exact) mass is 751 g/mol. The molecule has 13 nitrogen and oxygen atoms in total. The van der Waals surface area contributed by atoms with E-state index in [0.29, 0.717) is 30.0 Å². The number of hydrogen-bond donors (Lipinski definition) is 3. The zero-order valence-corrected chi connectivity index (χ0v) is 32.1. The predicted octanol–water partition coefficient (Wildman–Crippen LogP) is 4.22. The first-order valence-corrected chi connectivity index (χ1v) is 18.0. The number of halogens is 1. The van der Waals surface area contributed by atoms with Crippen molar-refractivity contribution in [3.05, 3.63) is 46.5 Å². The van der Waals surface area contributed by atoms with Gasteiger partial charge in [-0.1, -0.05) is 42.3 Å². The zero-order valence-electron chi connectivity index (χ0n) is 30.4. The molecule has 1 unspecified atom stereocenters. The van der Waals surface area contributed by atoms with E-state index < -0.39 is 65.7 Å². The third-order valence-electron chi connectivity index (χ3n) is 10.1. The predicted molar refractivity (Wildman–Crippen MR) is 194 cm³/mol. The van der Waals surface area contributed by atoms with Crippen molar-refractivity contribution < 1.29 is 48.0 Å². The van der Waals surface area contributed by atoms with Crippen LogP contribution in [0, 0.1) is 5.92 Å². The van der Waals surface area contributed by atoms with Crippen molar-refractivity contribution in [2.75, 3.05) is 39.0 Å². The Morgan fingerprint density at radius 1 is 1.27 bits per heavy atom. The van der Waals surface area contributed by atoms with Gasteiger partial charge in [0, 0.05) is 40.0 Å². The number of hydrogen-bond acceptors (Lipinski definition) is 11. The number of carbonyl (C=O) groups is 4. The normalized spacial score (nSPS) is 31.9. The van der Waals surface area contributed by atoms with Crippen LogP contribution in [0.4, 0.5) is 10.5 Å². The lowest BCUT2D eigenvalue weighted by Crippen LogP contribution is -2.63. The number of alkyl carbamates (subject to hydrolysis) is 1. The number of ether oxygens (including phenoxy) is 5. The van der Waals surface area contributed by atoms with Crippen LogP contribution < -0.4 is 15.0 Å². The Morgan fingerprint density at radius 2 is 1.98 bits per heavy atom. The quantitative estimate of drug-likeness (QED) is 0.200. The Kier molecular flexibility index (Phi) is 13.2. The standard InChI is InChI=1S/C36H50ClN3O10S/c1-20-11-9-12-27(47-8)36(45)19-26(48-34(44)38-36)21(2)32-35(4,50-32)28(49-33(43)22(3)39(5)29(41)13-10-14-51)18-30(42)40(6)24-16-23(15-20)17-25(46-7)31(24)37/h9,11-12,16-17,21-22,26-28,32,45,51H,10,13-15,18-19H2,1-8H3,(H,38,44)/b12-9+,20-11+/t21-,22+,26?,27-,28+,32+,35+,36+/m1/s1. The van der Waals surface area contributed by atoms with Gasteiger partial charge in [-0.15, -0.1) is 0 Å². The molecule has 3 aliphatic rings. The Balaban J connectivity index is 1.76. The molecule has 4 bridgehead atoms. The number of nitrogens with one attached hydrogen (secondary N) is 1. The SMILES string of the molecule is COc1cc2cc(c1Cl)N(C)C(=O)C[C@H](OC(=O)[C@H](C)N(C)C(=O)CCCS)[C@]1(C)O[C@H]1[C@H](C)C1C[C@@](O)(NC(=O)O1)[C@H](OC)/C=C/C=C(\C)C2. The lowest BCUT2D eigenvalue weighted by molar-refractivity contribution is -0.162. The summed E-state index contributed by atoms with van der Waals surface area (Å²) >= 11 is 10.9. The third kappa shape index (κ3) is 9.02. The van der Waals surface area contributed by atoms with Crippen molar-refractivity contribution in [2.24, 2.45) is 5.92 Å². The molecule has 2 saturated heterocycles. The van der Waals surface area contributed by atoms with Gasteiger partial charge >= 0.3 is 12.1 Å². The first-order valence-electron chi connectivity index (χ1n) is 16.9. The number of rotatable bonds is 8. The molecule has 0 saturated carbocycles. The summed E-state index contributed by atoms with van der Waals surface area (Å²) in [6.45, 7) is 6.99. The number of epoxide rings is 1. The first-order chi connectivity index (χ1) is 24.0. The molecular formula is C36H50ClN3O10S. The van der Waals surface area contributed by atoms with E-state index in [0.717, 1.165) is 11.1 Å². The minimum absolute atomic E-state index is 0.0478. The average Bonchev–Trinajstić information content (AvgIpc) is 3.79. The highest BCUT2D eigenvalue weighted by atomic mass is 35.5. The minimum atomic E-state index is -1.82. The number of amides is 3. The molecule has 0 spiro atoms. The molecule has 1 aromatic rings. The maximum Gasteiger partial charge on any atom is 0.409 e. The van der Waals surface area contributed by atoms with Crippen LogP contribution in [0.5, 0.6) is 5.75 Å². The van der Waals surface area contributed by atoms with Gasteiger partial charge in [0.1, 0.15) is 40.7 Å². The van der Waals surface area contributed by atoms with Gasteiger partial charge in [0.25, 0.3) is 0 Å². The van der Waals surface area contributed by atoms with E-state index in [1.54, 1.807) is 52.1 Å². The summed E-state index contributed by atoms with van der Waals surface area (Å²) in [7, 11) is 6.01. The van der Waals surface area contributed by atoms with Crippen molar-refractivity contribution in [2.45, 2.75) is 102 Å². The van der Waals surface area contributed by atoms with E-state index in [1.807, 2.05) is 13.0 Å². The van der Waals surface area contributed by atoms with Crippen LogP contribution in [0.15, 0.2) is 35.9 Å². The number of likely N-dealkylation sites (N-methyl/N-ethyl adjacent to an activating group) is 1. The van der Waals surface area contributed by atoms with Crippen LogP contribution in [0.2, 0.25) is 5.02 Å². The smallest absolute Gasteiger partial charge is 0.409 e. The summed E-state index contributed by atoms with van der Waals surface area (Å²) in [6.07, 6.45) is 1.73. The number of esters is 1. The maximum atomic E-state index is 14.1. The first kappa shape index (κ1) is 40.5. The van der Waals surface area contributed by atoms with Gasteiger partial charge in [0.05, 0.1) is 25.3 Å². The lowest BCUT2D eigenvalue weighted by atomic mass is 9.83. The van der Waals surface area contributed by atoms with Gasteiger partial charge in [-0.05, 0) is 57.1 Å². The number of anilines is 1. The second-order valence-electron chi connectivity index (χ2n) is 13.7. The van der Waals surface area contributed by atoms with Crippen molar-refractivity contribution >= 4 is 53.8 Å². The molecular weight excluding hydrogens is 702 g/mol. The molecule has 15 heteroatoms. The maximum absolute atomic E-state index is 14.1. The summed E-state index contributed by atoms with van der Waals surface area (Å²) in [4.78, 5) is 55.9. The van der Waals surface area contributed by atoms with Crippen LogP contribution >= 0.6 is 24.2 Å². The topological polar surface area (TPSA) is 156 Å². The fourth-order valence-electron chi connectivity index (χ4n) is 6.62. The number of fused-ring (bicyclic) bond motifs is 5. The van der Waals surface area contributed by atoms with Gasteiger partial charge in [0.2, 0.25) is 11.8 Å². The highest BCUT2D eigenvalue weighted by molar-refractivity contribution is 7.80. The number of methoxy groups -OCH3 is 2. The number of allylic oxidation sites excluding steroid dienone is 3. The van der Waals surface area contributed by atoms with Crippen LogP contribution in [-0.4, -0.2) is 110 Å². The molecule has 2 fully saturated rings. The van der Waals surface area contributed by atoms with Gasteiger partial charge in [-0.3, -0.25) is 14.9 Å². The van der Waals surface area contributed by atoms with Gasteiger partial charge < -0.3 is 38.6 Å². The fraction of sp³-hybridized carbons (Fsp3) is 0.611. The van der Waals surface area contributed by atoms with Crippen LogP contribution in [0.1, 0.15) is 58.9 Å². The van der Waals surface area contributed by atoms with E-state index in [2.05, 4.69) is 17.9 Å². The Labute approximate surface area is 310 Å². The zero-order chi connectivity index (χ0) is 37.8. The molecule has 282 valence electrons. The molecule has 4 rings (SSSR count). The number of benzene rings is 1. The number of aliphatic hydroxyl groups is 1. The van der Waals surface area contributed by atoms with E-state index >= 15 is 0 Å². The lowest BCUT2D eigenvalue weighted by Gasteiger charge is -2.42. The van der Waals surface area contributed by atoms with Gasteiger partial charge in [0.15, 0.2) is 5.72 Å². The van der Waals surface area contributed by atoms with Gasteiger partial charge in [-0.25, -0.2) is 9.59 Å². The average molecular weight is 752 g/mol.